The normalized spacial score (nSPS) is 16.2. The third-order valence-corrected chi connectivity index (χ3v) is 4.91. The van der Waals surface area contributed by atoms with Gasteiger partial charge < -0.3 is 0 Å². The topological polar surface area (TPSA) is 46.1 Å². The van der Waals surface area contributed by atoms with E-state index in [0.29, 0.717) is 20.6 Å². The molecule has 0 unspecified atom stereocenters. The average molecular weight is 367 g/mol. The molecule has 2 heterocycles. The van der Waals surface area contributed by atoms with Gasteiger partial charge in [-0.1, -0.05) is 42.2 Å². The molecule has 1 fully saturated rings. The van der Waals surface area contributed by atoms with Crippen molar-refractivity contribution in [3.05, 3.63) is 71.1 Å². The quantitative estimate of drug-likeness (QED) is 0.502. The number of benzene rings is 2. The highest BCUT2D eigenvalue weighted by molar-refractivity contribution is 8.27. The van der Waals surface area contributed by atoms with Gasteiger partial charge in [0.05, 0.1) is 33.5 Å². The highest BCUT2D eigenvalue weighted by Crippen LogP contribution is 2.36. The molecule has 0 aliphatic carbocycles. The molecule has 4 rings (SSSR count). The predicted molar refractivity (Wildman–Crippen MR) is 102 cm³/mol. The molecule has 0 spiro atoms. The monoisotopic (exact) mass is 367 g/mol. The van der Waals surface area contributed by atoms with E-state index in [1.165, 1.54) is 17.0 Å². The molecule has 25 heavy (non-hydrogen) atoms. The van der Waals surface area contributed by atoms with Gasteiger partial charge in [-0.2, -0.15) is 0 Å². The minimum Gasteiger partial charge on any atom is -0.268 e. The van der Waals surface area contributed by atoms with E-state index < -0.39 is 5.82 Å². The molecule has 7 heteroatoms. The minimum atomic E-state index is -0.420. The lowest BCUT2D eigenvalue weighted by molar-refractivity contribution is -0.113. The molecule has 2 aromatic carbocycles. The molecule has 1 aromatic heterocycles. The first-order chi connectivity index (χ1) is 12.1. The summed E-state index contributed by atoms with van der Waals surface area (Å²) in [5.74, 6) is -0.716. The van der Waals surface area contributed by atoms with Gasteiger partial charge in [-0.15, -0.1) is 0 Å². The number of anilines is 1. The van der Waals surface area contributed by atoms with Crippen molar-refractivity contribution in [1.82, 2.24) is 9.97 Å². The molecule has 3 aromatic rings. The van der Waals surface area contributed by atoms with Crippen LogP contribution in [0.15, 0.2) is 59.6 Å². The van der Waals surface area contributed by atoms with Crippen LogP contribution in [0.3, 0.4) is 0 Å². The van der Waals surface area contributed by atoms with Crippen LogP contribution in [0.25, 0.3) is 17.1 Å². The number of carbonyl (C=O) groups is 1. The van der Waals surface area contributed by atoms with Crippen LogP contribution in [0.2, 0.25) is 0 Å². The highest BCUT2D eigenvalue weighted by atomic mass is 32.2. The fourth-order valence-electron chi connectivity index (χ4n) is 2.48. The lowest BCUT2D eigenvalue weighted by atomic mass is 10.2. The Morgan fingerprint density at radius 3 is 2.72 bits per heavy atom. The largest absolute Gasteiger partial charge is 0.270 e. The number of rotatable bonds is 2. The maximum atomic E-state index is 13.4. The standard InChI is InChI=1S/C18H10FN3OS2/c19-11-4-3-5-13(8-11)22-17(23)16(25-18(22)24)9-12-10-20-14-6-1-2-7-15(14)21-12/h1-10H. The van der Waals surface area contributed by atoms with Gasteiger partial charge in [0.1, 0.15) is 5.82 Å². The number of fused-ring (bicyclic) bond motifs is 1. The summed E-state index contributed by atoms with van der Waals surface area (Å²) in [4.78, 5) is 23.2. The molecule has 122 valence electrons. The molecule has 0 atom stereocenters. The van der Waals surface area contributed by atoms with Gasteiger partial charge in [-0.3, -0.25) is 14.7 Å². The van der Waals surface area contributed by atoms with E-state index in [-0.39, 0.29) is 5.91 Å². The molecular formula is C18H10FN3OS2. The SMILES string of the molecule is O=C1C(=Cc2cnc3ccccc3n2)SC(=S)N1c1cccc(F)c1. The van der Waals surface area contributed by atoms with E-state index in [4.69, 9.17) is 12.2 Å². The number of halogens is 1. The summed E-state index contributed by atoms with van der Waals surface area (Å²) in [5.41, 5.74) is 2.51. The van der Waals surface area contributed by atoms with Crippen LogP contribution < -0.4 is 4.90 Å². The third kappa shape index (κ3) is 3.04. The van der Waals surface area contributed by atoms with Crippen LogP contribution in [0, 0.1) is 5.82 Å². The predicted octanol–water partition coefficient (Wildman–Crippen LogP) is 4.17. The van der Waals surface area contributed by atoms with Crippen molar-refractivity contribution in [2.75, 3.05) is 4.90 Å². The Balaban J connectivity index is 1.69. The first-order valence-corrected chi connectivity index (χ1v) is 8.59. The number of nitrogens with zero attached hydrogens (tertiary/aromatic N) is 3. The summed E-state index contributed by atoms with van der Waals surface area (Å²) in [6.07, 6.45) is 3.26. The van der Waals surface area contributed by atoms with Crippen LogP contribution in [-0.4, -0.2) is 20.2 Å². The second-order valence-corrected chi connectivity index (χ2v) is 6.96. The average Bonchev–Trinajstić information content (AvgIpc) is 2.88. The van der Waals surface area contributed by atoms with Crippen LogP contribution in [0.4, 0.5) is 10.1 Å². The Morgan fingerprint density at radius 2 is 1.92 bits per heavy atom. The molecule has 4 nitrogen and oxygen atoms in total. The number of hydrogen-bond acceptors (Lipinski definition) is 5. The summed E-state index contributed by atoms with van der Waals surface area (Å²) in [5, 5.41) is 0. The second-order valence-electron chi connectivity index (χ2n) is 5.28. The van der Waals surface area contributed by atoms with Gasteiger partial charge in [0.2, 0.25) is 0 Å². The molecule has 1 aliphatic rings. The number of thioether (sulfide) groups is 1. The third-order valence-electron chi connectivity index (χ3n) is 3.61. The van der Waals surface area contributed by atoms with Gasteiger partial charge in [0.15, 0.2) is 4.32 Å². The van der Waals surface area contributed by atoms with Crippen molar-refractivity contribution < 1.29 is 9.18 Å². The Labute approximate surface area is 152 Å². The smallest absolute Gasteiger partial charge is 0.268 e. The Kier molecular flexibility index (Phi) is 4.03. The maximum absolute atomic E-state index is 13.4. The van der Waals surface area contributed by atoms with E-state index in [2.05, 4.69) is 9.97 Å². The van der Waals surface area contributed by atoms with E-state index in [0.717, 1.165) is 22.8 Å². The number of para-hydroxylation sites is 2. The van der Waals surface area contributed by atoms with Crippen molar-refractivity contribution in [1.29, 1.82) is 0 Å². The summed E-state index contributed by atoms with van der Waals surface area (Å²) in [6.45, 7) is 0. The van der Waals surface area contributed by atoms with Crippen LogP contribution in [0.1, 0.15) is 5.69 Å². The Hall–Kier alpha value is -2.64. The van der Waals surface area contributed by atoms with Crippen LogP contribution in [-0.2, 0) is 4.79 Å². The van der Waals surface area contributed by atoms with E-state index in [9.17, 15) is 9.18 Å². The first-order valence-electron chi connectivity index (χ1n) is 7.37. The number of carbonyl (C=O) groups excluding carboxylic acids is 1. The van der Waals surface area contributed by atoms with Gasteiger partial charge in [-0.25, -0.2) is 9.37 Å². The maximum Gasteiger partial charge on any atom is 0.270 e. The molecule has 0 N–H and O–H groups in total. The number of hydrogen-bond donors (Lipinski definition) is 0. The van der Waals surface area contributed by atoms with Crippen molar-refractivity contribution in [2.24, 2.45) is 0 Å². The number of amides is 1. The summed E-state index contributed by atoms with van der Waals surface area (Å²) >= 11 is 6.44. The number of aromatic nitrogens is 2. The Bertz CT molecular complexity index is 1050. The zero-order chi connectivity index (χ0) is 17.4. The summed E-state index contributed by atoms with van der Waals surface area (Å²) < 4.78 is 13.8. The van der Waals surface area contributed by atoms with Gasteiger partial charge >= 0.3 is 0 Å². The fraction of sp³-hybridized carbons (Fsp3) is 0. The van der Waals surface area contributed by atoms with Gasteiger partial charge in [-0.05, 0) is 36.4 Å². The molecular weight excluding hydrogens is 357 g/mol. The van der Waals surface area contributed by atoms with Crippen molar-refractivity contribution in [3.63, 3.8) is 0 Å². The van der Waals surface area contributed by atoms with E-state index in [1.807, 2.05) is 24.3 Å². The highest BCUT2D eigenvalue weighted by Gasteiger charge is 2.33. The molecule has 0 saturated carbocycles. The summed E-state index contributed by atoms with van der Waals surface area (Å²) in [6, 6.07) is 13.3. The van der Waals surface area contributed by atoms with Crippen molar-refractivity contribution in [2.45, 2.75) is 0 Å². The second kappa shape index (κ2) is 6.34. The molecule has 1 amide bonds. The van der Waals surface area contributed by atoms with Crippen LogP contribution >= 0.6 is 24.0 Å². The van der Waals surface area contributed by atoms with E-state index >= 15 is 0 Å². The van der Waals surface area contributed by atoms with Crippen molar-refractivity contribution >= 4 is 57.0 Å². The molecule has 1 aliphatic heterocycles. The molecule has 0 bridgehead atoms. The van der Waals surface area contributed by atoms with Crippen LogP contribution in [0.5, 0.6) is 0 Å². The molecule has 1 saturated heterocycles. The van der Waals surface area contributed by atoms with E-state index in [1.54, 1.807) is 24.4 Å². The number of thiocarbonyl (C=S) groups is 1. The lowest BCUT2D eigenvalue weighted by Crippen LogP contribution is -2.27. The Morgan fingerprint density at radius 1 is 1.12 bits per heavy atom. The van der Waals surface area contributed by atoms with Crippen molar-refractivity contribution in [3.8, 4) is 0 Å². The lowest BCUT2D eigenvalue weighted by Gasteiger charge is -2.14. The minimum absolute atomic E-state index is 0.296. The zero-order valence-corrected chi connectivity index (χ0v) is 14.4. The summed E-state index contributed by atoms with van der Waals surface area (Å²) in [7, 11) is 0. The fourth-order valence-corrected chi connectivity index (χ4v) is 3.76. The van der Waals surface area contributed by atoms with Gasteiger partial charge in [0, 0.05) is 0 Å². The van der Waals surface area contributed by atoms with Gasteiger partial charge in [0.25, 0.3) is 5.91 Å². The zero-order valence-electron chi connectivity index (χ0n) is 12.7. The first kappa shape index (κ1) is 15.9. The molecule has 0 radical (unpaired) electrons.